The van der Waals surface area contributed by atoms with E-state index in [1.807, 2.05) is 4.98 Å². The molecule has 0 saturated heterocycles. The van der Waals surface area contributed by atoms with Crippen molar-refractivity contribution in [1.29, 1.82) is 0 Å². The number of aromatic carboxylic acids is 1. The Bertz CT molecular complexity index is 495. The van der Waals surface area contributed by atoms with Crippen molar-refractivity contribution in [2.24, 2.45) is 5.73 Å². The molecule has 0 unspecified atom stereocenters. The van der Waals surface area contributed by atoms with E-state index in [9.17, 15) is 22.8 Å². The molecule has 1 heterocycles. The molecule has 0 aliphatic heterocycles. The molecule has 0 radical (unpaired) electrons. The second-order valence-corrected chi connectivity index (χ2v) is 2.91. The Morgan fingerprint density at radius 2 is 2.12 bits per heavy atom. The van der Waals surface area contributed by atoms with Crippen molar-refractivity contribution in [3.05, 3.63) is 27.7 Å². The first-order valence-corrected chi connectivity index (χ1v) is 4.20. The van der Waals surface area contributed by atoms with Crippen LogP contribution < -0.4 is 16.0 Å². The smallest absolute Gasteiger partial charge is 0.477 e. The zero-order valence-corrected chi connectivity index (χ0v) is 8.17. The van der Waals surface area contributed by atoms with Crippen LogP contribution in [0.1, 0.15) is 16.1 Å². The number of nitrogens with two attached hydrogens (primary N) is 1. The number of halogens is 3. The van der Waals surface area contributed by atoms with Gasteiger partial charge in [0.15, 0.2) is 0 Å². The molecule has 0 fully saturated rings. The minimum atomic E-state index is -5.03. The summed E-state index contributed by atoms with van der Waals surface area (Å²) < 4.78 is 39.5. The summed E-state index contributed by atoms with van der Waals surface area (Å²) in [6, 6.07) is 0.555. The van der Waals surface area contributed by atoms with Gasteiger partial charge in [-0.15, -0.1) is 13.2 Å². The van der Waals surface area contributed by atoms with E-state index in [2.05, 4.69) is 4.74 Å². The van der Waals surface area contributed by atoms with Gasteiger partial charge in [0, 0.05) is 12.6 Å². The monoisotopic (exact) mass is 252 g/mol. The second-order valence-electron chi connectivity index (χ2n) is 2.91. The standard InChI is InChI=1S/C8H7F3N2O4/c9-8(10,11)17-5-1-4(7(15)16)13-6(14)3(5)2-12/h1H,2,12H2,(H,13,14)(H,15,16). The number of nitrogens with one attached hydrogen (secondary N) is 1. The Kier molecular flexibility index (Phi) is 3.42. The highest BCUT2D eigenvalue weighted by Gasteiger charge is 2.33. The SMILES string of the molecule is NCc1c(OC(F)(F)F)cc(C(=O)O)[nH]c1=O. The first-order chi connectivity index (χ1) is 7.74. The fourth-order valence-corrected chi connectivity index (χ4v) is 1.09. The summed E-state index contributed by atoms with van der Waals surface area (Å²) in [6.45, 7) is -0.513. The van der Waals surface area contributed by atoms with Crippen molar-refractivity contribution in [3.8, 4) is 5.75 Å². The topological polar surface area (TPSA) is 105 Å². The molecule has 1 aromatic heterocycles. The molecule has 6 nitrogen and oxygen atoms in total. The normalized spacial score (nSPS) is 11.3. The van der Waals surface area contributed by atoms with Gasteiger partial charge in [0.2, 0.25) is 0 Å². The highest BCUT2D eigenvalue weighted by Crippen LogP contribution is 2.24. The average molecular weight is 252 g/mol. The molecule has 0 aliphatic rings. The van der Waals surface area contributed by atoms with E-state index in [0.29, 0.717) is 6.07 Å². The largest absolute Gasteiger partial charge is 0.573 e. The summed E-state index contributed by atoms with van der Waals surface area (Å²) in [5.41, 5.74) is 2.85. The van der Waals surface area contributed by atoms with Crippen molar-refractivity contribution < 1.29 is 27.8 Å². The summed E-state index contributed by atoms with van der Waals surface area (Å²) in [5, 5.41) is 8.56. The molecule has 0 bridgehead atoms. The van der Waals surface area contributed by atoms with Gasteiger partial charge in [0.1, 0.15) is 11.4 Å². The van der Waals surface area contributed by atoms with Gasteiger partial charge >= 0.3 is 12.3 Å². The van der Waals surface area contributed by atoms with Crippen LogP contribution in [0.4, 0.5) is 13.2 Å². The molecule has 0 atom stereocenters. The fraction of sp³-hybridized carbons (Fsp3) is 0.250. The molecule has 0 aromatic carbocycles. The van der Waals surface area contributed by atoms with Crippen LogP contribution in [0.2, 0.25) is 0 Å². The predicted molar refractivity (Wildman–Crippen MR) is 48.6 cm³/mol. The number of carboxylic acids is 1. The van der Waals surface area contributed by atoms with Gasteiger partial charge in [0.25, 0.3) is 5.56 Å². The lowest BCUT2D eigenvalue weighted by Crippen LogP contribution is -2.25. The van der Waals surface area contributed by atoms with Crippen molar-refractivity contribution in [2.45, 2.75) is 12.9 Å². The first kappa shape index (κ1) is 13.0. The van der Waals surface area contributed by atoms with Crippen LogP contribution in [-0.2, 0) is 6.54 Å². The number of ether oxygens (including phenoxy) is 1. The highest BCUT2D eigenvalue weighted by atomic mass is 19.4. The van der Waals surface area contributed by atoms with Crippen LogP contribution >= 0.6 is 0 Å². The molecule has 0 amide bonds. The molecular formula is C8H7F3N2O4. The molecule has 0 saturated carbocycles. The number of hydrogen-bond donors (Lipinski definition) is 3. The average Bonchev–Trinajstić information content (AvgIpc) is 2.14. The fourth-order valence-electron chi connectivity index (χ4n) is 1.09. The maximum Gasteiger partial charge on any atom is 0.573 e. The Hall–Kier alpha value is -2.03. The van der Waals surface area contributed by atoms with Gasteiger partial charge in [-0.3, -0.25) is 4.79 Å². The number of aromatic amines is 1. The molecule has 0 spiro atoms. The molecule has 9 heteroatoms. The van der Waals surface area contributed by atoms with E-state index >= 15 is 0 Å². The highest BCUT2D eigenvalue weighted by molar-refractivity contribution is 5.85. The number of carboxylic acid groups (broad SMARTS) is 1. The third-order valence-corrected chi connectivity index (χ3v) is 1.76. The van der Waals surface area contributed by atoms with Gasteiger partial charge in [-0.05, 0) is 0 Å². The van der Waals surface area contributed by atoms with Crippen LogP contribution in [0.3, 0.4) is 0 Å². The number of hydrogen-bond acceptors (Lipinski definition) is 4. The minimum Gasteiger partial charge on any atom is -0.477 e. The minimum absolute atomic E-state index is 0.479. The van der Waals surface area contributed by atoms with Crippen molar-refractivity contribution in [1.82, 2.24) is 4.98 Å². The maximum absolute atomic E-state index is 12.0. The Morgan fingerprint density at radius 3 is 2.53 bits per heavy atom. The number of H-pyrrole nitrogens is 1. The van der Waals surface area contributed by atoms with Crippen LogP contribution in [0, 0.1) is 0 Å². The maximum atomic E-state index is 12.0. The Morgan fingerprint density at radius 1 is 1.53 bits per heavy atom. The van der Waals surface area contributed by atoms with E-state index in [0.717, 1.165) is 0 Å². The lowest BCUT2D eigenvalue weighted by Gasteiger charge is -2.12. The van der Waals surface area contributed by atoms with Gasteiger partial charge in [0.05, 0.1) is 5.56 Å². The lowest BCUT2D eigenvalue weighted by molar-refractivity contribution is -0.275. The number of rotatable bonds is 3. The number of alkyl halides is 3. The van der Waals surface area contributed by atoms with Crippen molar-refractivity contribution in [3.63, 3.8) is 0 Å². The van der Waals surface area contributed by atoms with E-state index in [4.69, 9.17) is 10.8 Å². The number of carbonyl (C=O) groups is 1. The van der Waals surface area contributed by atoms with Gasteiger partial charge in [-0.1, -0.05) is 0 Å². The van der Waals surface area contributed by atoms with Crippen molar-refractivity contribution >= 4 is 5.97 Å². The van der Waals surface area contributed by atoms with Gasteiger partial charge < -0.3 is 20.6 Å². The van der Waals surface area contributed by atoms with E-state index in [-0.39, 0.29) is 0 Å². The van der Waals surface area contributed by atoms with Crippen molar-refractivity contribution in [2.75, 3.05) is 0 Å². The van der Waals surface area contributed by atoms with E-state index in [1.165, 1.54) is 0 Å². The van der Waals surface area contributed by atoms with Gasteiger partial charge in [-0.2, -0.15) is 0 Å². The van der Waals surface area contributed by atoms with E-state index in [1.54, 1.807) is 0 Å². The summed E-state index contributed by atoms with van der Waals surface area (Å²) in [4.78, 5) is 23.6. The van der Waals surface area contributed by atoms with E-state index < -0.39 is 41.4 Å². The molecule has 94 valence electrons. The Labute approximate surface area is 91.8 Å². The first-order valence-electron chi connectivity index (χ1n) is 4.20. The zero-order valence-electron chi connectivity index (χ0n) is 8.17. The quantitative estimate of drug-likeness (QED) is 0.723. The predicted octanol–water partition coefficient (Wildman–Crippen LogP) is 0.430. The number of pyridine rings is 1. The second kappa shape index (κ2) is 4.45. The lowest BCUT2D eigenvalue weighted by atomic mass is 10.2. The Balaban J connectivity index is 3.34. The van der Waals surface area contributed by atoms with Crippen LogP contribution in [0.5, 0.6) is 5.75 Å². The summed E-state index contributed by atoms with van der Waals surface area (Å²) in [6.07, 6.45) is -5.03. The third-order valence-electron chi connectivity index (χ3n) is 1.76. The zero-order chi connectivity index (χ0) is 13.2. The molecule has 0 aliphatic carbocycles. The summed E-state index contributed by atoms with van der Waals surface area (Å²) in [7, 11) is 0. The summed E-state index contributed by atoms with van der Waals surface area (Å²) in [5.74, 6) is -2.50. The number of aromatic nitrogens is 1. The molecular weight excluding hydrogens is 245 g/mol. The molecule has 1 aromatic rings. The van der Waals surface area contributed by atoms with Crippen LogP contribution in [0.15, 0.2) is 10.9 Å². The molecule has 17 heavy (non-hydrogen) atoms. The van der Waals surface area contributed by atoms with Gasteiger partial charge in [-0.25, -0.2) is 4.79 Å². The summed E-state index contributed by atoms with van der Waals surface area (Å²) >= 11 is 0. The van der Waals surface area contributed by atoms with Crippen LogP contribution in [-0.4, -0.2) is 22.4 Å². The third kappa shape index (κ3) is 3.21. The van der Waals surface area contributed by atoms with Crippen LogP contribution in [0.25, 0.3) is 0 Å². The molecule has 4 N–H and O–H groups in total. The molecule has 1 rings (SSSR count).